The smallest absolute Gasteiger partial charge is 0.323 e. The van der Waals surface area contributed by atoms with E-state index >= 15 is 4.39 Å². The van der Waals surface area contributed by atoms with Gasteiger partial charge >= 0.3 is 6.03 Å². The van der Waals surface area contributed by atoms with Crippen molar-refractivity contribution in [1.82, 2.24) is 20.1 Å². The first-order valence-electron chi connectivity index (χ1n) is 13.8. The lowest BCUT2D eigenvalue weighted by molar-refractivity contribution is 0.262. The lowest BCUT2D eigenvalue weighted by Gasteiger charge is -2.17. The molecule has 0 saturated heterocycles. The highest BCUT2D eigenvalue weighted by atomic mass is 19.1. The van der Waals surface area contributed by atoms with E-state index in [1.54, 1.807) is 35.3 Å². The van der Waals surface area contributed by atoms with E-state index in [1.165, 1.54) is 23.3 Å². The van der Waals surface area contributed by atoms with Gasteiger partial charge in [0.1, 0.15) is 23.1 Å². The van der Waals surface area contributed by atoms with E-state index in [4.69, 9.17) is 9.15 Å². The van der Waals surface area contributed by atoms with E-state index < -0.39 is 11.8 Å². The van der Waals surface area contributed by atoms with Crippen molar-refractivity contribution >= 4 is 17.4 Å². The van der Waals surface area contributed by atoms with Crippen LogP contribution in [0.2, 0.25) is 0 Å². The first kappa shape index (κ1) is 27.2. The number of carbonyl (C=O) groups is 1. The SMILES string of the molecule is CC(C)c1cc(NC(=O)Nc2ccc(Oc3ccnc(-c4cnn(C)c4)c3)cc2F)c(-c2ccc3c(c2)CCNC3)o1. The lowest BCUT2D eigenvalue weighted by Crippen LogP contribution is -2.23. The topological polar surface area (TPSA) is 106 Å². The normalized spacial score (nSPS) is 12.7. The van der Waals surface area contributed by atoms with Crippen molar-refractivity contribution in [2.45, 2.75) is 32.7 Å². The number of halogens is 1. The summed E-state index contributed by atoms with van der Waals surface area (Å²) < 4.78 is 28.8. The van der Waals surface area contributed by atoms with Gasteiger partial charge in [-0.15, -0.1) is 0 Å². The Morgan fingerprint density at radius 1 is 1.02 bits per heavy atom. The molecule has 0 radical (unpaired) electrons. The lowest BCUT2D eigenvalue weighted by atomic mass is 9.97. The van der Waals surface area contributed by atoms with Crippen molar-refractivity contribution in [2.24, 2.45) is 7.05 Å². The summed E-state index contributed by atoms with van der Waals surface area (Å²) in [6.45, 7) is 5.80. The zero-order valence-electron chi connectivity index (χ0n) is 23.6. The van der Waals surface area contributed by atoms with Crippen LogP contribution in [0.3, 0.4) is 0 Å². The van der Waals surface area contributed by atoms with Gasteiger partial charge in [0.25, 0.3) is 0 Å². The summed E-state index contributed by atoms with van der Waals surface area (Å²) in [5, 5.41) is 13.0. The monoisotopic (exact) mass is 566 g/mol. The maximum atomic E-state index is 15.0. The van der Waals surface area contributed by atoms with Gasteiger partial charge in [-0.2, -0.15) is 5.10 Å². The molecule has 0 atom stereocenters. The third-order valence-electron chi connectivity index (χ3n) is 7.08. The summed E-state index contributed by atoms with van der Waals surface area (Å²) in [4.78, 5) is 17.3. The molecular formula is C32H31FN6O3. The Hall–Kier alpha value is -4.96. The molecule has 1 aliphatic rings. The minimum atomic E-state index is -0.636. The standard InChI is InChI=1S/C32H31FN6O3/c1-19(2)30-15-29(31(42-30)21-4-5-22-16-34-10-8-20(22)12-21)38-32(40)37-27-7-6-24(13-26(27)33)41-25-9-11-35-28(14-25)23-17-36-39(3)18-23/h4-7,9,11-15,17-19,34H,8,10,16H2,1-3H3,(H2,37,38,40). The fourth-order valence-electron chi connectivity index (χ4n) is 4.88. The van der Waals surface area contributed by atoms with E-state index in [0.717, 1.165) is 36.4 Å². The van der Waals surface area contributed by atoms with Gasteiger partial charge in [0.2, 0.25) is 0 Å². The molecule has 3 aromatic heterocycles. The summed E-state index contributed by atoms with van der Waals surface area (Å²) in [6, 6.07) is 15.1. The number of benzene rings is 2. The summed E-state index contributed by atoms with van der Waals surface area (Å²) in [5.41, 5.74) is 5.46. The highest BCUT2D eigenvalue weighted by molar-refractivity contribution is 6.02. The Labute approximate surface area is 242 Å². The number of fused-ring (bicyclic) bond motifs is 1. The number of aryl methyl sites for hydroxylation is 1. The molecular weight excluding hydrogens is 535 g/mol. The number of ether oxygens (including phenoxy) is 1. The van der Waals surface area contributed by atoms with Gasteiger partial charge in [0, 0.05) is 61.2 Å². The maximum Gasteiger partial charge on any atom is 0.323 e. The van der Waals surface area contributed by atoms with Crippen molar-refractivity contribution < 1.29 is 18.3 Å². The van der Waals surface area contributed by atoms with Crippen LogP contribution in [0.5, 0.6) is 11.5 Å². The summed E-state index contributed by atoms with van der Waals surface area (Å²) in [5.74, 6) is 1.58. The molecule has 3 N–H and O–H groups in total. The van der Waals surface area contributed by atoms with Crippen molar-refractivity contribution in [3.8, 4) is 34.1 Å². The molecule has 0 bridgehead atoms. The maximum absolute atomic E-state index is 15.0. The van der Waals surface area contributed by atoms with Crippen LogP contribution < -0.4 is 20.7 Å². The van der Waals surface area contributed by atoms with Crippen molar-refractivity contribution in [3.63, 3.8) is 0 Å². The van der Waals surface area contributed by atoms with Crippen LogP contribution in [0.25, 0.3) is 22.6 Å². The van der Waals surface area contributed by atoms with Gasteiger partial charge in [-0.25, -0.2) is 9.18 Å². The van der Waals surface area contributed by atoms with Crippen molar-refractivity contribution in [3.05, 3.63) is 95.9 Å². The van der Waals surface area contributed by atoms with Crippen LogP contribution in [0.4, 0.5) is 20.6 Å². The van der Waals surface area contributed by atoms with E-state index in [9.17, 15) is 4.79 Å². The van der Waals surface area contributed by atoms with Gasteiger partial charge in [0.15, 0.2) is 5.76 Å². The molecule has 1 aliphatic heterocycles. The predicted octanol–water partition coefficient (Wildman–Crippen LogP) is 7.09. The molecule has 9 nitrogen and oxygen atoms in total. The number of rotatable bonds is 7. The second-order valence-corrected chi connectivity index (χ2v) is 10.6. The van der Waals surface area contributed by atoms with Crippen LogP contribution in [-0.4, -0.2) is 27.3 Å². The van der Waals surface area contributed by atoms with E-state index in [0.29, 0.717) is 22.9 Å². The van der Waals surface area contributed by atoms with Gasteiger partial charge in [-0.05, 0) is 48.4 Å². The fraction of sp³-hybridized carbons (Fsp3) is 0.219. The number of pyridine rings is 1. The molecule has 5 aromatic rings. The number of nitrogens with zero attached hydrogens (tertiary/aromatic N) is 3. The summed E-state index contributed by atoms with van der Waals surface area (Å²) in [7, 11) is 1.83. The highest BCUT2D eigenvalue weighted by Crippen LogP contribution is 2.36. The first-order chi connectivity index (χ1) is 20.3. The number of carbonyl (C=O) groups excluding carboxylic acids is 1. The van der Waals surface area contributed by atoms with Crippen LogP contribution in [0, 0.1) is 5.82 Å². The quantitative estimate of drug-likeness (QED) is 0.194. The zero-order chi connectivity index (χ0) is 29.2. The van der Waals surface area contributed by atoms with Crippen molar-refractivity contribution in [2.75, 3.05) is 17.2 Å². The number of anilines is 2. The molecule has 2 aromatic carbocycles. The average Bonchev–Trinajstić information content (AvgIpc) is 3.61. The minimum absolute atomic E-state index is 0.0148. The molecule has 0 fully saturated rings. The van der Waals surface area contributed by atoms with Gasteiger partial charge < -0.3 is 25.1 Å². The Bertz CT molecular complexity index is 1760. The Balaban J connectivity index is 1.16. The minimum Gasteiger partial charge on any atom is -0.459 e. The molecule has 214 valence electrons. The molecule has 0 unspecified atom stereocenters. The number of urea groups is 1. The zero-order valence-corrected chi connectivity index (χ0v) is 23.6. The van der Waals surface area contributed by atoms with Crippen molar-refractivity contribution in [1.29, 1.82) is 0 Å². The van der Waals surface area contributed by atoms with E-state index in [1.807, 2.05) is 39.2 Å². The second-order valence-electron chi connectivity index (χ2n) is 10.6. The third kappa shape index (κ3) is 5.89. The molecule has 42 heavy (non-hydrogen) atoms. The van der Waals surface area contributed by atoms with E-state index in [-0.39, 0.29) is 17.4 Å². The molecule has 2 amide bonds. The fourth-order valence-corrected chi connectivity index (χ4v) is 4.88. The Morgan fingerprint density at radius 3 is 2.64 bits per heavy atom. The number of furan rings is 1. The highest BCUT2D eigenvalue weighted by Gasteiger charge is 2.20. The average molecular weight is 567 g/mol. The molecule has 0 aliphatic carbocycles. The largest absolute Gasteiger partial charge is 0.459 e. The van der Waals surface area contributed by atoms with Crippen LogP contribution in [0.1, 0.15) is 36.7 Å². The van der Waals surface area contributed by atoms with Crippen LogP contribution >= 0.6 is 0 Å². The van der Waals surface area contributed by atoms with Gasteiger partial charge in [0.05, 0.1) is 23.3 Å². The predicted molar refractivity (Wildman–Crippen MR) is 159 cm³/mol. The van der Waals surface area contributed by atoms with Crippen LogP contribution in [-0.2, 0) is 20.0 Å². The molecule has 0 saturated carbocycles. The number of hydrogen-bond donors (Lipinski definition) is 3. The Morgan fingerprint density at radius 2 is 1.86 bits per heavy atom. The number of nitrogens with one attached hydrogen (secondary N) is 3. The second kappa shape index (κ2) is 11.5. The van der Waals surface area contributed by atoms with Gasteiger partial charge in [-0.1, -0.05) is 26.0 Å². The number of amides is 2. The summed E-state index contributed by atoms with van der Waals surface area (Å²) in [6.07, 6.45) is 6.09. The van der Waals surface area contributed by atoms with E-state index in [2.05, 4.69) is 38.2 Å². The molecule has 10 heteroatoms. The molecule has 6 rings (SSSR count). The Kier molecular flexibility index (Phi) is 7.45. The van der Waals surface area contributed by atoms with Gasteiger partial charge in [-0.3, -0.25) is 9.67 Å². The first-order valence-corrected chi connectivity index (χ1v) is 13.8. The number of aromatic nitrogens is 3. The van der Waals surface area contributed by atoms with Crippen LogP contribution in [0.15, 0.2) is 77.6 Å². The molecule has 0 spiro atoms. The molecule has 4 heterocycles. The number of hydrogen-bond acceptors (Lipinski definition) is 6. The third-order valence-corrected chi connectivity index (χ3v) is 7.08. The summed E-state index contributed by atoms with van der Waals surface area (Å²) >= 11 is 0.